The summed E-state index contributed by atoms with van der Waals surface area (Å²) in [5.41, 5.74) is 3.41. The van der Waals surface area contributed by atoms with Crippen molar-refractivity contribution in [2.24, 2.45) is 0 Å². The first-order valence-corrected chi connectivity index (χ1v) is 12.8. The molecule has 3 aromatic rings. The van der Waals surface area contributed by atoms with E-state index in [0.29, 0.717) is 33.8 Å². The van der Waals surface area contributed by atoms with Crippen LogP contribution in [0.4, 0.5) is 5.69 Å². The molecule has 0 aromatic heterocycles. The summed E-state index contributed by atoms with van der Waals surface area (Å²) in [6.45, 7) is 6.42. The normalized spacial score (nSPS) is 14.2. The van der Waals surface area contributed by atoms with E-state index in [9.17, 15) is 9.59 Å². The van der Waals surface area contributed by atoms with E-state index in [0.717, 1.165) is 22.4 Å². The molecule has 1 N–H and O–H groups in total. The van der Waals surface area contributed by atoms with Crippen LogP contribution in [0.15, 0.2) is 84.3 Å². The van der Waals surface area contributed by atoms with Gasteiger partial charge in [-0.1, -0.05) is 60.4 Å². The van der Waals surface area contributed by atoms with Gasteiger partial charge in [-0.25, -0.2) is 4.79 Å². The van der Waals surface area contributed by atoms with E-state index in [2.05, 4.69) is 6.58 Å². The number of nitrogens with zero attached hydrogens (tertiary/aromatic N) is 1. The Morgan fingerprint density at radius 2 is 1.84 bits per heavy atom. The second-order valence-electron chi connectivity index (χ2n) is 8.08. The number of amides is 1. The Hall–Kier alpha value is -3.88. The monoisotopic (exact) mass is 531 g/mol. The summed E-state index contributed by atoms with van der Waals surface area (Å²) in [5, 5.41) is 9.11. The molecule has 1 fully saturated rings. The number of aromatic carboxylic acids is 1. The Bertz CT molecular complexity index is 1370. The summed E-state index contributed by atoms with van der Waals surface area (Å²) < 4.78 is 12.5. The number of carbonyl (C=O) groups is 2. The Balaban J connectivity index is 1.63. The largest absolute Gasteiger partial charge is 0.490 e. The predicted octanol–water partition coefficient (Wildman–Crippen LogP) is 6.50. The zero-order chi connectivity index (χ0) is 26.4. The van der Waals surface area contributed by atoms with Crippen LogP contribution in [0, 0.1) is 0 Å². The molecule has 0 aliphatic carbocycles. The van der Waals surface area contributed by atoms with E-state index in [1.807, 2.05) is 55.5 Å². The number of benzene rings is 3. The SMILES string of the molecule is C=CCc1cc(/C=C2/SC(=S)N(c3ccccc3)C2=O)cc(OCC)c1OCc1ccc(C(=O)O)cc1. The average molecular weight is 532 g/mol. The van der Waals surface area contributed by atoms with Gasteiger partial charge in [-0.2, -0.15) is 0 Å². The molecule has 188 valence electrons. The summed E-state index contributed by atoms with van der Waals surface area (Å²) >= 11 is 6.75. The van der Waals surface area contributed by atoms with Crippen LogP contribution in [0.3, 0.4) is 0 Å². The number of hydrogen-bond acceptors (Lipinski definition) is 6. The van der Waals surface area contributed by atoms with Gasteiger partial charge in [0, 0.05) is 5.56 Å². The van der Waals surface area contributed by atoms with Gasteiger partial charge in [-0.3, -0.25) is 9.69 Å². The van der Waals surface area contributed by atoms with Gasteiger partial charge in [-0.15, -0.1) is 6.58 Å². The molecule has 0 spiro atoms. The smallest absolute Gasteiger partial charge is 0.335 e. The number of carbonyl (C=O) groups excluding carboxylic acids is 1. The first-order valence-electron chi connectivity index (χ1n) is 11.6. The highest BCUT2D eigenvalue weighted by Gasteiger charge is 2.33. The first kappa shape index (κ1) is 26.2. The second kappa shape index (κ2) is 11.9. The van der Waals surface area contributed by atoms with Gasteiger partial charge >= 0.3 is 5.97 Å². The fourth-order valence-electron chi connectivity index (χ4n) is 3.82. The highest BCUT2D eigenvalue weighted by Crippen LogP contribution is 2.39. The molecule has 37 heavy (non-hydrogen) atoms. The number of carboxylic acid groups (broad SMARTS) is 1. The van der Waals surface area contributed by atoms with Crippen molar-refractivity contribution in [3.05, 3.63) is 107 Å². The summed E-state index contributed by atoms with van der Waals surface area (Å²) in [6.07, 6.45) is 4.12. The van der Waals surface area contributed by atoms with Crippen molar-refractivity contribution in [3.63, 3.8) is 0 Å². The number of thiocarbonyl (C=S) groups is 1. The van der Waals surface area contributed by atoms with Gasteiger partial charge in [-0.05, 0) is 66.9 Å². The zero-order valence-corrected chi connectivity index (χ0v) is 21.8. The number of ether oxygens (including phenoxy) is 2. The molecule has 0 saturated carbocycles. The van der Waals surface area contributed by atoms with Crippen LogP contribution in [0.25, 0.3) is 6.08 Å². The lowest BCUT2D eigenvalue weighted by Crippen LogP contribution is -2.27. The molecule has 1 aliphatic heterocycles. The minimum absolute atomic E-state index is 0.172. The summed E-state index contributed by atoms with van der Waals surface area (Å²) in [6, 6.07) is 19.7. The number of allylic oxidation sites excluding steroid dienone is 1. The number of para-hydroxylation sites is 1. The number of carboxylic acids is 1. The van der Waals surface area contributed by atoms with Crippen LogP contribution in [-0.4, -0.2) is 27.9 Å². The average Bonchev–Trinajstić information content (AvgIpc) is 3.17. The third-order valence-corrected chi connectivity index (χ3v) is 6.81. The molecule has 3 aromatic carbocycles. The van der Waals surface area contributed by atoms with Crippen LogP contribution in [0.5, 0.6) is 11.5 Å². The molecule has 4 rings (SSSR count). The van der Waals surface area contributed by atoms with E-state index in [1.54, 1.807) is 30.3 Å². The van der Waals surface area contributed by atoms with E-state index in [1.165, 1.54) is 16.7 Å². The molecule has 0 bridgehead atoms. The van der Waals surface area contributed by atoms with Crippen molar-refractivity contribution in [2.45, 2.75) is 20.0 Å². The Kier molecular flexibility index (Phi) is 8.43. The van der Waals surface area contributed by atoms with Crippen molar-refractivity contribution < 1.29 is 24.2 Å². The lowest BCUT2D eigenvalue weighted by atomic mass is 10.0. The molecule has 0 atom stereocenters. The first-order chi connectivity index (χ1) is 17.9. The van der Waals surface area contributed by atoms with Crippen LogP contribution in [-0.2, 0) is 17.8 Å². The Morgan fingerprint density at radius 1 is 1.11 bits per heavy atom. The zero-order valence-electron chi connectivity index (χ0n) is 20.2. The Labute approximate surface area is 225 Å². The van der Waals surface area contributed by atoms with E-state index < -0.39 is 5.97 Å². The van der Waals surface area contributed by atoms with Crippen molar-refractivity contribution in [1.29, 1.82) is 0 Å². The van der Waals surface area contributed by atoms with E-state index in [4.69, 9.17) is 26.8 Å². The van der Waals surface area contributed by atoms with Gasteiger partial charge in [0.15, 0.2) is 15.8 Å². The fourth-order valence-corrected chi connectivity index (χ4v) is 5.12. The van der Waals surface area contributed by atoms with Gasteiger partial charge < -0.3 is 14.6 Å². The van der Waals surface area contributed by atoms with Crippen LogP contribution in [0.1, 0.15) is 34.0 Å². The lowest BCUT2D eigenvalue weighted by Gasteiger charge is -2.17. The maximum atomic E-state index is 13.2. The molecule has 1 aliphatic rings. The molecular weight excluding hydrogens is 506 g/mol. The van der Waals surface area contributed by atoms with Crippen molar-refractivity contribution >= 4 is 51.9 Å². The van der Waals surface area contributed by atoms with Gasteiger partial charge in [0.25, 0.3) is 5.91 Å². The fraction of sp³-hybridized carbons (Fsp3) is 0.138. The molecule has 6 nitrogen and oxygen atoms in total. The van der Waals surface area contributed by atoms with Gasteiger partial charge in [0.2, 0.25) is 0 Å². The van der Waals surface area contributed by atoms with Crippen LogP contribution < -0.4 is 14.4 Å². The number of rotatable bonds is 10. The highest BCUT2D eigenvalue weighted by atomic mass is 32.2. The van der Waals surface area contributed by atoms with E-state index >= 15 is 0 Å². The van der Waals surface area contributed by atoms with Crippen LogP contribution in [0.2, 0.25) is 0 Å². The third-order valence-electron chi connectivity index (χ3n) is 5.51. The highest BCUT2D eigenvalue weighted by molar-refractivity contribution is 8.27. The Morgan fingerprint density at radius 3 is 2.49 bits per heavy atom. The standard InChI is InChI=1S/C29H25NO5S2/c1-3-8-22-15-20(17-25-27(31)30(29(36)37-25)23-9-6-5-7-10-23)16-24(34-4-2)26(22)35-18-19-11-13-21(14-12-19)28(32)33/h3,5-7,9-17H,1,4,8,18H2,2H3,(H,32,33)/b25-17+. The minimum atomic E-state index is -0.976. The predicted molar refractivity (Wildman–Crippen MR) is 151 cm³/mol. The summed E-state index contributed by atoms with van der Waals surface area (Å²) in [5.74, 6) is -0.0166. The number of hydrogen-bond donors (Lipinski definition) is 1. The van der Waals surface area contributed by atoms with Crippen LogP contribution >= 0.6 is 24.0 Å². The molecule has 0 unspecified atom stereocenters. The lowest BCUT2D eigenvalue weighted by molar-refractivity contribution is -0.113. The van der Waals surface area contributed by atoms with Crippen molar-refractivity contribution in [3.8, 4) is 11.5 Å². The quantitative estimate of drug-likeness (QED) is 0.182. The summed E-state index contributed by atoms with van der Waals surface area (Å²) in [4.78, 5) is 26.3. The number of anilines is 1. The third kappa shape index (κ3) is 6.10. The van der Waals surface area contributed by atoms with Gasteiger partial charge in [0.05, 0.1) is 22.8 Å². The molecule has 1 heterocycles. The summed E-state index contributed by atoms with van der Waals surface area (Å²) in [7, 11) is 0. The maximum absolute atomic E-state index is 13.2. The van der Waals surface area contributed by atoms with Gasteiger partial charge in [0.1, 0.15) is 6.61 Å². The second-order valence-corrected chi connectivity index (χ2v) is 9.75. The minimum Gasteiger partial charge on any atom is -0.490 e. The number of thioether (sulfide) groups is 1. The van der Waals surface area contributed by atoms with E-state index in [-0.39, 0.29) is 18.1 Å². The molecule has 1 amide bonds. The molecular formula is C29H25NO5S2. The topological polar surface area (TPSA) is 76.1 Å². The maximum Gasteiger partial charge on any atom is 0.335 e. The molecule has 1 saturated heterocycles. The molecule has 8 heteroatoms. The van der Waals surface area contributed by atoms with Crippen molar-refractivity contribution in [1.82, 2.24) is 0 Å². The molecule has 0 radical (unpaired) electrons. The van der Waals surface area contributed by atoms with Crippen molar-refractivity contribution in [2.75, 3.05) is 11.5 Å².